The number of carbonyl (C=O) groups excluding carboxylic acids is 3. The Morgan fingerprint density at radius 3 is 2.12 bits per heavy atom. The topological polar surface area (TPSA) is 75.7 Å². The maximum Gasteiger partial charge on any atom is 0.261 e. The molecule has 1 N–H and O–H groups in total. The summed E-state index contributed by atoms with van der Waals surface area (Å²) in [5.74, 6) is -0.887. The lowest BCUT2D eigenvalue weighted by molar-refractivity contribution is -0.121. The van der Waals surface area contributed by atoms with Crippen LogP contribution in [0.3, 0.4) is 0 Å². The van der Waals surface area contributed by atoms with Crippen LogP contribution in [0.1, 0.15) is 38.3 Å². The SMILES string of the molecule is COCc1ccc(CNC(=O)CCN2C(=O)c3ccccc3C2=O)cc1. The Bertz CT molecular complexity index is 795. The fraction of sp³-hybridized carbons (Fsp3) is 0.250. The number of imide groups is 1. The zero-order valence-electron chi connectivity index (χ0n) is 14.5. The van der Waals surface area contributed by atoms with Crippen molar-refractivity contribution in [1.82, 2.24) is 10.2 Å². The fourth-order valence-corrected chi connectivity index (χ4v) is 2.86. The molecule has 134 valence electrons. The molecule has 3 amide bonds. The summed E-state index contributed by atoms with van der Waals surface area (Å²) in [6, 6.07) is 14.5. The fourth-order valence-electron chi connectivity index (χ4n) is 2.86. The summed E-state index contributed by atoms with van der Waals surface area (Å²) in [5.41, 5.74) is 2.83. The predicted molar refractivity (Wildman–Crippen MR) is 95.4 cm³/mol. The van der Waals surface area contributed by atoms with Crippen molar-refractivity contribution in [3.8, 4) is 0 Å². The van der Waals surface area contributed by atoms with Gasteiger partial charge in [-0.1, -0.05) is 36.4 Å². The normalized spacial score (nSPS) is 13.0. The van der Waals surface area contributed by atoms with Crippen LogP contribution in [0.25, 0.3) is 0 Å². The van der Waals surface area contributed by atoms with Gasteiger partial charge in [-0.25, -0.2) is 0 Å². The smallest absolute Gasteiger partial charge is 0.261 e. The quantitative estimate of drug-likeness (QED) is 0.775. The first-order valence-corrected chi connectivity index (χ1v) is 8.39. The van der Waals surface area contributed by atoms with Gasteiger partial charge in [0, 0.05) is 26.6 Å². The molecular formula is C20H20N2O4. The van der Waals surface area contributed by atoms with Crippen molar-refractivity contribution in [3.63, 3.8) is 0 Å². The Morgan fingerprint density at radius 1 is 0.962 bits per heavy atom. The third-order valence-corrected chi connectivity index (χ3v) is 4.26. The summed E-state index contributed by atoms with van der Waals surface area (Å²) in [7, 11) is 1.64. The van der Waals surface area contributed by atoms with E-state index < -0.39 is 0 Å². The molecular weight excluding hydrogens is 332 g/mol. The van der Waals surface area contributed by atoms with Crippen molar-refractivity contribution in [3.05, 3.63) is 70.8 Å². The third-order valence-electron chi connectivity index (χ3n) is 4.26. The van der Waals surface area contributed by atoms with Crippen LogP contribution < -0.4 is 5.32 Å². The van der Waals surface area contributed by atoms with Crippen LogP contribution >= 0.6 is 0 Å². The van der Waals surface area contributed by atoms with E-state index >= 15 is 0 Å². The van der Waals surface area contributed by atoms with E-state index in [1.807, 2.05) is 24.3 Å². The molecule has 1 aliphatic rings. The number of amides is 3. The third kappa shape index (κ3) is 3.81. The minimum atomic E-state index is -0.341. The maximum absolute atomic E-state index is 12.2. The van der Waals surface area contributed by atoms with Gasteiger partial charge >= 0.3 is 0 Å². The number of benzene rings is 2. The van der Waals surface area contributed by atoms with Gasteiger partial charge in [0.25, 0.3) is 11.8 Å². The molecule has 2 aromatic carbocycles. The zero-order chi connectivity index (χ0) is 18.5. The van der Waals surface area contributed by atoms with E-state index in [9.17, 15) is 14.4 Å². The van der Waals surface area contributed by atoms with E-state index in [1.165, 1.54) is 0 Å². The Kier molecular flexibility index (Phi) is 5.43. The Balaban J connectivity index is 1.49. The summed E-state index contributed by atoms with van der Waals surface area (Å²) >= 11 is 0. The second-order valence-corrected chi connectivity index (χ2v) is 6.08. The largest absolute Gasteiger partial charge is 0.380 e. The summed E-state index contributed by atoms with van der Waals surface area (Å²) in [6.07, 6.45) is 0.0766. The Labute approximate surface area is 151 Å². The van der Waals surface area contributed by atoms with Crippen LogP contribution in [0.5, 0.6) is 0 Å². The predicted octanol–water partition coefficient (Wildman–Crippen LogP) is 2.14. The summed E-state index contributed by atoms with van der Waals surface area (Å²) in [6.45, 7) is 1.02. The van der Waals surface area contributed by atoms with Gasteiger partial charge in [-0.05, 0) is 23.3 Å². The number of hydrogen-bond donors (Lipinski definition) is 1. The minimum Gasteiger partial charge on any atom is -0.380 e. The van der Waals surface area contributed by atoms with Crippen LogP contribution in [0.4, 0.5) is 0 Å². The number of nitrogens with one attached hydrogen (secondary N) is 1. The van der Waals surface area contributed by atoms with Crippen LogP contribution in [-0.4, -0.2) is 36.3 Å². The maximum atomic E-state index is 12.2. The van der Waals surface area contributed by atoms with Crippen LogP contribution in [0, 0.1) is 0 Å². The average Bonchev–Trinajstić information content (AvgIpc) is 2.90. The van der Waals surface area contributed by atoms with Crippen molar-refractivity contribution in [1.29, 1.82) is 0 Å². The van der Waals surface area contributed by atoms with Crippen LogP contribution in [0.15, 0.2) is 48.5 Å². The van der Waals surface area contributed by atoms with E-state index in [-0.39, 0.29) is 30.7 Å². The van der Waals surface area contributed by atoms with Gasteiger partial charge in [-0.15, -0.1) is 0 Å². The highest BCUT2D eigenvalue weighted by atomic mass is 16.5. The van der Waals surface area contributed by atoms with Gasteiger partial charge < -0.3 is 10.1 Å². The van der Waals surface area contributed by atoms with E-state index in [0.29, 0.717) is 24.3 Å². The lowest BCUT2D eigenvalue weighted by Gasteiger charge is -2.13. The highest BCUT2D eigenvalue weighted by Gasteiger charge is 2.34. The number of fused-ring (bicyclic) bond motifs is 1. The van der Waals surface area contributed by atoms with E-state index in [4.69, 9.17) is 4.74 Å². The zero-order valence-corrected chi connectivity index (χ0v) is 14.5. The van der Waals surface area contributed by atoms with Gasteiger partial charge in [0.15, 0.2) is 0 Å². The molecule has 1 heterocycles. The van der Waals surface area contributed by atoms with Crippen molar-refractivity contribution in [2.75, 3.05) is 13.7 Å². The molecule has 3 rings (SSSR count). The van der Waals surface area contributed by atoms with Gasteiger partial charge in [-0.2, -0.15) is 0 Å². The lowest BCUT2D eigenvalue weighted by atomic mass is 10.1. The van der Waals surface area contributed by atoms with Crippen molar-refractivity contribution >= 4 is 17.7 Å². The molecule has 0 unspecified atom stereocenters. The molecule has 26 heavy (non-hydrogen) atoms. The monoisotopic (exact) mass is 352 g/mol. The molecule has 6 heteroatoms. The van der Waals surface area contributed by atoms with Gasteiger partial charge in [-0.3, -0.25) is 19.3 Å². The minimum absolute atomic E-state index is 0.0744. The number of hydrogen-bond acceptors (Lipinski definition) is 4. The molecule has 0 atom stereocenters. The van der Waals surface area contributed by atoms with Gasteiger partial charge in [0.05, 0.1) is 17.7 Å². The molecule has 0 spiro atoms. The Morgan fingerprint density at radius 2 is 1.54 bits per heavy atom. The molecule has 1 aliphatic heterocycles. The Hall–Kier alpha value is -2.99. The summed E-state index contributed by atoms with van der Waals surface area (Å²) < 4.78 is 5.06. The van der Waals surface area contributed by atoms with Crippen molar-refractivity contribution < 1.29 is 19.1 Å². The molecule has 0 saturated carbocycles. The van der Waals surface area contributed by atoms with E-state index in [2.05, 4.69) is 5.32 Å². The number of nitrogens with zero attached hydrogens (tertiary/aromatic N) is 1. The molecule has 6 nitrogen and oxygen atoms in total. The first-order chi connectivity index (χ1) is 12.6. The number of rotatable bonds is 7. The highest BCUT2D eigenvalue weighted by Crippen LogP contribution is 2.22. The lowest BCUT2D eigenvalue weighted by Crippen LogP contribution is -2.34. The molecule has 0 saturated heterocycles. The van der Waals surface area contributed by atoms with Gasteiger partial charge in [0.1, 0.15) is 0 Å². The van der Waals surface area contributed by atoms with Crippen molar-refractivity contribution in [2.24, 2.45) is 0 Å². The number of ether oxygens (including phenoxy) is 1. The number of methoxy groups -OCH3 is 1. The standard InChI is InChI=1S/C20H20N2O4/c1-26-13-15-8-6-14(7-9-15)12-21-18(23)10-11-22-19(24)16-4-2-3-5-17(16)20(22)25/h2-9H,10-13H2,1H3,(H,21,23). The molecule has 0 radical (unpaired) electrons. The number of carbonyl (C=O) groups is 3. The van der Waals surface area contributed by atoms with Crippen LogP contribution in [0.2, 0.25) is 0 Å². The molecule has 0 bridgehead atoms. The second kappa shape index (κ2) is 7.93. The van der Waals surface area contributed by atoms with E-state index in [0.717, 1.165) is 16.0 Å². The molecule has 0 aliphatic carbocycles. The molecule has 0 fully saturated rings. The molecule has 2 aromatic rings. The first-order valence-electron chi connectivity index (χ1n) is 8.39. The van der Waals surface area contributed by atoms with Crippen LogP contribution in [-0.2, 0) is 22.7 Å². The van der Waals surface area contributed by atoms with Crippen molar-refractivity contribution in [2.45, 2.75) is 19.6 Å². The highest BCUT2D eigenvalue weighted by molar-refractivity contribution is 6.21. The summed E-state index contributed by atoms with van der Waals surface area (Å²) in [5, 5.41) is 2.81. The van der Waals surface area contributed by atoms with Gasteiger partial charge in [0.2, 0.25) is 5.91 Å². The summed E-state index contributed by atoms with van der Waals surface area (Å²) in [4.78, 5) is 37.7. The second-order valence-electron chi connectivity index (χ2n) is 6.08. The van der Waals surface area contributed by atoms with E-state index in [1.54, 1.807) is 31.4 Å². The average molecular weight is 352 g/mol. The molecule has 0 aromatic heterocycles. The first kappa shape index (κ1) is 17.8.